The highest BCUT2D eigenvalue weighted by atomic mass is 35.5. The zero-order chi connectivity index (χ0) is 56.1. The van der Waals surface area contributed by atoms with Crippen LogP contribution < -0.4 is 5.46 Å². The molecule has 9 aromatic carbocycles. The number of rotatable bonds is 12. The molecule has 83 heavy (non-hydrogen) atoms. The van der Waals surface area contributed by atoms with E-state index in [2.05, 4.69) is 102 Å². The molecule has 4 aromatic heterocycles. The molecule has 1 saturated heterocycles. The van der Waals surface area contributed by atoms with Crippen LogP contribution in [0.25, 0.3) is 119 Å². The number of para-hydroxylation sites is 2. The number of benzene rings is 9. The van der Waals surface area contributed by atoms with Gasteiger partial charge >= 0.3 is 7.12 Å². The Kier molecular flexibility index (Phi) is 13.1. The molecule has 14 heteroatoms. The molecular weight excluding hydrogens is 1050 g/mol. The summed E-state index contributed by atoms with van der Waals surface area (Å²) in [5.74, 6) is 4.15. The molecule has 0 saturated carbocycles. The van der Waals surface area contributed by atoms with Crippen LogP contribution in [0.15, 0.2) is 237 Å². The van der Waals surface area contributed by atoms with Gasteiger partial charge in [0.25, 0.3) is 0 Å². The van der Waals surface area contributed by atoms with E-state index in [4.69, 9.17) is 55.8 Å². The third-order valence-electron chi connectivity index (χ3n) is 15.5. The minimum Gasteiger partial charge on any atom is -0.399 e. The summed E-state index contributed by atoms with van der Waals surface area (Å²) in [7, 11) is -0.677. The Hall–Kier alpha value is -9.92. The van der Waals surface area contributed by atoms with E-state index in [0.717, 1.165) is 83.0 Å². The standard InChI is InChI=1S/C69H50BClN10O2/c1-68(2)69(3,43-44-36-38-50(39-37-44)64-74-63(79-67(71)80-64)49-30-17-8-18-31-49)83-70(82-68)51-40-41-57-55(42-51)52-32-19-20-35-56(52)81(57)58-53(65-75-59(45-22-9-4-10-23-45)72-60(76-65)46-24-11-5-12-25-46)33-21-34-54(58)66-77-61(47-26-13-6-14-27-47)73-62(78-66)48-28-15-7-16-29-48/h4-42H,43H2,1-3H3. The highest BCUT2D eigenvalue weighted by Gasteiger charge is 2.54. The normalized spacial score (nSPS) is 14.8. The topological polar surface area (TPSA) is 139 Å². The molecule has 398 valence electrons. The lowest BCUT2D eigenvalue weighted by Gasteiger charge is -2.36. The molecule has 1 unspecified atom stereocenters. The van der Waals surface area contributed by atoms with E-state index in [1.807, 2.05) is 170 Å². The predicted octanol–water partition coefficient (Wildman–Crippen LogP) is 14.9. The third-order valence-corrected chi connectivity index (χ3v) is 15.7. The molecule has 1 aliphatic rings. The van der Waals surface area contributed by atoms with Crippen molar-refractivity contribution in [3.8, 4) is 96.8 Å². The molecule has 12 nitrogen and oxygen atoms in total. The first kappa shape index (κ1) is 51.2. The Labute approximate surface area is 484 Å². The summed E-state index contributed by atoms with van der Waals surface area (Å²) < 4.78 is 16.4. The lowest BCUT2D eigenvalue weighted by molar-refractivity contribution is -0.00876. The molecule has 1 aliphatic heterocycles. The second-order valence-corrected chi connectivity index (χ2v) is 21.5. The second-order valence-electron chi connectivity index (χ2n) is 21.2. The highest BCUT2D eigenvalue weighted by Crippen LogP contribution is 2.43. The van der Waals surface area contributed by atoms with Crippen LogP contribution in [0.2, 0.25) is 5.28 Å². The van der Waals surface area contributed by atoms with Crippen LogP contribution in [0.4, 0.5) is 0 Å². The summed E-state index contributed by atoms with van der Waals surface area (Å²) in [6, 6.07) is 79.2. The van der Waals surface area contributed by atoms with Gasteiger partial charge in [-0.2, -0.15) is 9.97 Å². The van der Waals surface area contributed by atoms with Gasteiger partial charge < -0.3 is 13.9 Å². The first-order chi connectivity index (χ1) is 40.6. The molecule has 13 aromatic rings. The van der Waals surface area contributed by atoms with E-state index in [9.17, 15) is 0 Å². The van der Waals surface area contributed by atoms with Gasteiger partial charge in [0.1, 0.15) is 0 Å². The van der Waals surface area contributed by atoms with Crippen molar-refractivity contribution in [1.82, 2.24) is 49.4 Å². The van der Waals surface area contributed by atoms with Crippen LogP contribution in [-0.2, 0) is 15.7 Å². The molecule has 0 aliphatic carbocycles. The van der Waals surface area contributed by atoms with Crippen molar-refractivity contribution in [3.05, 3.63) is 247 Å². The number of halogens is 1. The molecular formula is C69H50BClN10O2. The van der Waals surface area contributed by atoms with Gasteiger partial charge in [0, 0.05) is 61.7 Å². The van der Waals surface area contributed by atoms with Gasteiger partial charge in [-0.05, 0) is 67.7 Å². The van der Waals surface area contributed by atoms with Crippen LogP contribution in [0, 0.1) is 0 Å². The van der Waals surface area contributed by atoms with Gasteiger partial charge in [-0.3, -0.25) is 0 Å². The fourth-order valence-corrected chi connectivity index (χ4v) is 11.1. The largest absolute Gasteiger partial charge is 0.494 e. The number of hydrogen-bond donors (Lipinski definition) is 0. The molecule has 0 N–H and O–H groups in total. The smallest absolute Gasteiger partial charge is 0.399 e. The van der Waals surface area contributed by atoms with E-state index in [0.29, 0.717) is 53.0 Å². The maximum absolute atomic E-state index is 7.12. The van der Waals surface area contributed by atoms with E-state index in [1.54, 1.807) is 0 Å². The van der Waals surface area contributed by atoms with E-state index in [1.165, 1.54) is 0 Å². The highest BCUT2D eigenvalue weighted by molar-refractivity contribution is 6.62. The Bertz CT molecular complexity index is 4280. The number of fused-ring (bicyclic) bond motifs is 3. The van der Waals surface area contributed by atoms with Crippen molar-refractivity contribution in [3.63, 3.8) is 0 Å². The van der Waals surface area contributed by atoms with E-state index in [-0.39, 0.29) is 5.28 Å². The summed E-state index contributed by atoms with van der Waals surface area (Å²) in [6.07, 6.45) is 0.579. The zero-order valence-corrected chi connectivity index (χ0v) is 46.2. The summed E-state index contributed by atoms with van der Waals surface area (Å²) in [4.78, 5) is 45.1. The summed E-state index contributed by atoms with van der Waals surface area (Å²) >= 11 is 6.44. The lowest BCUT2D eigenvalue weighted by Crippen LogP contribution is -2.46. The van der Waals surface area contributed by atoms with Gasteiger partial charge in [0.2, 0.25) is 5.28 Å². The van der Waals surface area contributed by atoms with Gasteiger partial charge in [0.15, 0.2) is 46.6 Å². The number of nitrogens with zero attached hydrogens (tertiary/aromatic N) is 10. The van der Waals surface area contributed by atoms with E-state index >= 15 is 0 Å². The molecule has 1 atom stereocenters. The van der Waals surface area contributed by atoms with Crippen molar-refractivity contribution in [2.24, 2.45) is 0 Å². The zero-order valence-electron chi connectivity index (χ0n) is 45.5. The molecule has 0 bridgehead atoms. The minimum atomic E-state index is -0.726. The van der Waals surface area contributed by atoms with Crippen molar-refractivity contribution in [2.75, 3.05) is 0 Å². The average molecular weight is 1100 g/mol. The molecule has 5 heterocycles. The predicted molar refractivity (Wildman–Crippen MR) is 330 cm³/mol. The van der Waals surface area contributed by atoms with Crippen LogP contribution >= 0.6 is 11.6 Å². The fourth-order valence-electron chi connectivity index (χ4n) is 10.9. The number of aromatic nitrogens is 10. The lowest BCUT2D eigenvalue weighted by atomic mass is 9.78. The maximum atomic E-state index is 7.12. The molecule has 14 rings (SSSR count). The van der Waals surface area contributed by atoms with Crippen LogP contribution in [0.5, 0.6) is 0 Å². The Morgan fingerprint density at radius 3 is 1.22 bits per heavy atom. The second kappa shape index (κ2) is 21.2. The monoisotopic (exact) mass is 1100 g/mol. The Morgan fingerprint density at radius 1 is 0.373 bits per heavy atom. The van der Waals surface area contributed by atoms with Gasteiger partial charge in [-0.15, -0.1) is 0 Å². The Morgan fingerprint density at radius 2 is 0.759 bits per heavy atom. The van der Waals surface area contributed by atoms with Crippen LogP contribution in [0.3, 0.4) is 0 Å². The van der Waals surface area contributed by atoms with Gasteiger partial charge in [-0.1, -0.05) is 212 Å². The first-order valence-electron chi connectivity index (χ1n) is 27.4. The summed E-state index contributed by atoms with van der Waals surface area (Å²) in [5.41, 5.74) is 9.83. The quantitative estimate of drug-likeness (QED) is 0.108. The summed E-state index contributed by atoms with van der Waals surface area (Å²) in [5, 5.41) is 2.16. The minimum absolute atomic E-state index is 0.136. The van der Waals surface area contributed by atoms with Gasteiger partial charge in [0.05, 0.1) is 27.9 Å². The van der Waals surface area contributed by atoms with Crippen molar-refractivity contribution < 1.29 is 9.31 Å². The first-order valence-corrected chi connectivity index (χ1v) is 27.8. The van der Waals surface area contributed by atoms with Crippen LogP contribution in [0.1, 0.15) is 26.3 Å². The molecule has 0 spiro atoms. The molecule has 1 fully saturated rings. The number of hydrogen-bond acceptors (Lipinski definition) is 11. The van der Waals surface area contributed by atoms with Gasteiger partial charge in [-0.25, -0.2) is 34.9 Å². The van der Waals surface area contributed by atoms with Crippen molar-refractivity contribution in [1.29, 1.82) is 0 Å². The summed E-state index contributed by atoms with van der Waals surface area (Å²) in [6.45, 7) is 6.33. The van der Waals surface area contributed by atoms with Crippen molar-refractivity contribution >= 4 is 46.0 Å². The van der Waals surface area contributed by atoms with Crippen molar-refractivity contribution in [2.45, 2.75) is 38.4 Å². The Balaban J connectivity index is 0.902. The average Bonchev–Trinajstić information content (AvgIpc) is 3.67. The van der Waals surface area contributed by atoms with Crippen LogP contribution in [-0.4, -0.2) is 67.7 Å². The molecule has 0 radical (unpaired) electrons. The SMILES string of the molecule is CC1(C)OB(c2ccc3c(c2)c2ccccc2n3-c2c(-c3nc(-c4ccccc4)nc(-c4ccccc4)n3)cccc2-c2nc(-c3ccccc3)nc(-c3ccccc3)n2)OC1(C)Cc1ccc(-c2nc(Cl)nc(-c3ccccc3)n2)cc1. The fraction of sp³-hybridized carbons (Fsp3) is 0.0870. The maximum Gasteiger partial charge on any atom is 0.494 e. The third kappa shape index (κ3) is 9.80. The molecule has 0 amide bonds. The van der Waals surface area contributed by atoms with E-state index < -0.39 is 18.3 Å².